The zero-order valence-corrected chi connectivity index (χ0v) is 11.5. The Labute approximate surface area is 111 Å². The molecule has 18 heavy (non-hydrogen) atoms. The van der Waals surface area contributed by atoms with E-state index in [1.165, 1.54) is 38.5 Å². The summed E-state index contributed by atoms with van der Waals surface area (Å²) in [4.78, 5) is 0. The van der Waals surface area contributed by atoms with Crippen LogP contribution in [0.25, 0.3) is 0 Å². The highest BCUT2D eigenvalue weighted by atomic mass is 16.6. The van der Waals surface area contributed by atoms with E-state index in [1.807, 2.05) is 30.3 Å². The Morgan fingerprint density at radius 3 is 2.22 bits per heavy atom. The van der Waals surface area contributed by atoms with Crippen molar-refractivity contribution in [3.8, 4) is 0 Å². The predicted molar refractivity (Wildman–Crippen MR) is 75.3 cm³/mol. The van der Waals surface area contributed by atoms with E-state index in [0.29, 0.717) is 6.61 Å². The van der Waals surface area contributed by atoms with E-state index in [9.17, 15) is 5.11 Å². The van der Waals surface area contributed by atoms with Crippen LogP contribution in [0.3, 0.4) is 0 Å². The fourth-order valence-corrected chi connectivity index (χ4v) is 1.97. The van der Waals surface area contributed by atoms with Gasteiger partial charge in [0.2, 0.25) is 0 Å². The lowest BCUT2D eigenvalue weighted by atomic mass is 10.1. The molecule has 0 heterocycles. The zero-order chi connectivity index (χ0) is 13.1. The standard InChI is InChI=1S/C16H26O2/c1-2-3-4-5-6-7-11-14-18-16(17)15-12-9-8-10-13-15/h8-10,12-13,16-17H,2-7,11,14H2,1H3. The second kappa shape index (κ2) is 10.1. The maximum absolute atomic E-state index is 9.77. The van der Waals surface area contributed by atoms with Crippen LogP contribution in [0, 0.1) is 0 Å². The summed E-state index contributed by atoms with van der Waals surface area (Å²) in [5, 5.41) is 9.77. The van der Waals surface area contributed by atoms with Crippen LogP contribution in [0.1, 0.15) is 63.7 Å². The number of hydrogen-bond donors (Lipinski definition) is 1. The smallest absolute Gasteiger partial charge is 0.181 e. The molecule has 0 bridgehead atoms. The molecule has 0 aliphatic heterocycles. The molecule has 102 valence electrons. The van der Waals surface area contributed by atoms with E-state index in [2.05, 4.69) is 6.92 Å². The van der Waals surface area contributed by atoms with Crippen molar-refractivity contribution < 1.29 is 9.84 Å². The summed E-state index contributed by atoms with van der Waals surface area (Å²) in [5.74, 6) is 0. The van der Waals surface area contributed by atoms with Crippen LogP contribution >= 0.6 is 0 Å². The first-order valence-electron chi connectivity index (χ1n) is 7.19. The van der Waals surface area contributed by atoms with Gasteiger partial charge in [-0.25, -0.2) is 0 Å². The van der Waals surface area contributed by atoms with Crippen LogP contribution in [0.15, 0.2) is 30.3 Å². The lowest BCUT2D eigenvalue weighted by Gasteiger charge is -2.11. The van der Waals surface area contributed by atoms with Gasteiger partial charge in [-0.3, -0.25) is 0 Å². The lowest BCUT2D eigenvalue weighted by Crippen LogP contribution is -2.04. The third-order valence-electron chi connectivity index (χ3n) is 3.11. The first-order chi connectivity index (χ1) is 8.84. The molecule has 0 amide bonds. The molecule has 0 saturated heterocycles. The van der Waals surface area contributed by atoms with E-state index in [-0.39, 0.29) is 0 Å². The Balaban J connectivity index is 1.98. The van der Waals surface area contributed by atoms with Crippen molar-refractivity contribution in [3.05, 3.63) is 35.9 Å². The summed E-state index contributed by atoms with van der Waals surface area (Å²) < 4.78 is 5.41. The molecular weight excluding hydrogens is 224 g/mol. The minimum Gasteiger partial charge on any atom is -0.364 e. The first-order valence-corrected chi connectivity index (χ1v) is 7.19. The summed E-state index contributed by atoms with van der Waals surface area (Å²) in [5.41, 5.74) is 0.834. The average Bonchev–Trinajstić information content (AvgIpc) is 2.42. The minimum atomic E-state index is -0.772. The summed E-state index contributed by atoms with van der Waals surface area (Å²) >= 11 is 0. The molecule has 1 atom stereocenters. The van der Waals surface area contributed by atoms with Crippen molar-refractivity contribution in [2.75, 3.05) is 6.61 Å². The average molecular weight is 250 g/mol. The Morgan fingerprint density at radius 1 is 0.944 bits per heavy atom. The third-order valence-corrected chi connectivity index (χ3v) is 3.11. The molecule has 2 nitrogen and oxygen atoms in total. The Bertz CT molecular complexity index is 284. The van der Waals surface area contributed by atoms with Crippen molar-refractivity contribution in [2.24, 2.45) is 0 Å². The normalized spacial score (nSPS) is 12.6. The lowest BCUT2D eigenvalue weighted by molar-refractivity contribution is -0.103. The van der Waals surface area contributed by atoms with Gasteiger partial charge in [-0.15, -0.1) is 0 Å². The van der Waals surface area contributed by atoms with Gasteiger partial charge < -0.3 is 9.84 Å². The fourth-order valence-electron chi connectivity index (χ4n) is 1.97. The van der Waals surface area contributed by atoms with Crippen molar-refractivity contribution in [1.29, 1.82) is 0 Å². The highest BCUT2D eigenvalue weighted by Crippen LogP contribution is 2.14. The topological polar surface area (TPSA) is 29.5 Å². The largest absolute Gasteiger partial charge is 0.364 e. The predicted octanol–water partition coefficient (Wildman–Crippen LogP) is 4.44. The fraction of sp³-hybridized carbons (Fsp3) is 0.625. The van der Waals surface area contributed by atoms with Crippen molar-refractivity contribution in [2.45, 2.75) is 58.2 Å². The first kappa shape index (κ1) is 15.2. The molecule has 1 unspecified atom stereocenters. The molecule has 1 aromatic rings. The molecular formula is C16H26O2. The minimum absolute atomic E-state index is 0.643. The van der Waals surface area contributed by atoms with E-state index in [0.717, 1.165) is 12.0 Å². The maximum Gasteiger partial charge on any atom is 0.181 e. The summed E-state index contributed by atoms with van der Waals surface area (Å²) in [7, 11) is 0. The van der Waals surface area contributed by atoms with Gasteiger partial charge in [-0.1, -0.05) is 75.8 Å². The molecule has 0 spiro atoms. The van der Waals surface area contributed by atoms with Crippen LogP contribution in [0.2, 0.25) is 0 Å². The summed E-state index contributed by atoms with van der Waals surface area (Å²) in [6.07, 6.45) is 8.08. The quantitative estimate of drug-likeness (QED) is 0.491. The number of rotatable bonds is 10. The monoisotopic (exact) mass is 250 g/mol. The van der Waals surface area contributed by atoms with E-state index in [4.69, 9.17) is 4.74 Å². The van der Waals surface area contributed by atoms with Gasteiger partial charge in [0.15, 0.2) is 6.29 Å². The Kier molecular flexibility index (Phi) is 8.53. The molecule has 0 saturated carbocycles. The van der Waals surface area contributed by atoms with Gasteiger partial charge in [-0.05, 0) is 6.42 Å². The van der Waals surface area contributed by atoms with Crippen LogP contribution in [-0.2, 0) is 4.74 Å². The van der Waals surface area contributed by atoms with E-state index >= 15 is 0 Å². The molecule has 1 aromatic carbocycles. The van der Waals surface area contributed by atoms with Gasteiger partial charge >= 0.3 is 0 Å². The molecule has 0 aliphatic carbocycles. The van der Waals surface area contributed by atoms with Crippen molar-refractivity contribution in [3.63, 3.8) is 0 Å². The zero-order valence-electron chi connectivity index (χ0n) is 11.5. The van der Waals surface area contributed by atoms with Crippen molar-refractivity contribution >= 4 is 0 Å². The maximum atomic E-state index is 9.77. The second-order valence-corrected chi connectivity index (χ2v) is 4.76. The molecule has 0 aromatic heterocycles. The van der Waals surface area contributed by atoms with E-state index in [1.54, 1.807) is 0 Å². The Morgan fingerprint density at radius 2 is 1.56 bits per heavy atom. The number of hydrogen-bond acceptors (Lipinski definition) is 2. The molecule has 0 radical (unpaired) electrons. The van der Waals surface area contributed by atoms with E-state index < -0.39 is 6.29 Å². The van der Waals surface area contributed by atoms with Crippen LogP contribution < -0.4 is 0 Å². The summed E-state index contributed by atoms with van der Waals surface area (Å²) in [6, 6.07) is 9.53. The highest BCUT2D eigenvalue weighted by molar-refractivity contribution is 5.15. The van der Waals surface area contributed by atoms with Crippen molar-refractivity contribution in [1.82, 2.24) is 0 Å². The molecule has 2 heteroatoms. The van der Waals surface area contributed by atoms with Gasteiger partial charge in [0, 0.05) is 5.56 Å². The number of aliphatic hydroxyl groups is 1. The van der Waals surface area contributed by atoms with Gasteiger partial charge in [0.05, 0.1) is 6.61 Å². The van der Waals surface area contributed by atoms with Crippen LogP contribution in [0.5, 0.6) is 0 Å². The second-order valence-electron chi connectivity index (χ2n) is 4.76. The molecule has 1 rings (SSSR count). The number of aliphatic hydroxyl groups excluding tert-OH is 1. The van der Waals surface area contributed by atoms with Gasteiger partial charge in [-0.2, -0.15) is 0 Å². The van der Waals surface area contributed by atoms with Gasteiger partial charge in [0.1, 0.15) is 0 Å². The molecule has 0 aliphatic rings. The van der Waals surface area contributed by atoms with Crippen LogP contribution in [-0.4, -0.2) is 11.7 Å². The third kappa shape index (κ3) is 6.77. The number of benzene rings is 1. The van der Waals surface area contributed by atoms with Gasteiger partial charge in [0.25, 0.3) is 0 Å². The molecule has 0 fully saturated rings. The highest BCUT2D eigenvalue weighted by Gasteiger charge is 2.05. The molecule has 1 N–H and O–H groups in total. The number of ether oxygens (including phenoxy) is 1. The SMILES string of the molecule is CCCCCCCCCOC(O)c1ccccc1. The number of unbranched alkanes of at least 4 members (excludes halogenated alkanes) is 6. The Hall–Kier alpha value is -0.860. The van der Waals surface area contributed by atoms with Crippen LogP contribution in [0.4, 0.5) is 0 Å². The summed E-state index contributed by atoms with van der Waals surface area (Å²) in [6.45, 7) is 2.88.